The highest BCUT2D eigenvalue weighted by atomic mass is 16.2. The fourth-order valence-corrected chi connectivity index (χ4v) is 3.58. The zero-order valence-electron chi connectivity index (χ0n) is 19.2. The summed E-state index contributed by atoms with van der Waals surface area (Å²) in [6.07, 6.45) is 19.5. The van der Waals surface area contributed by atoms with Crippen molar-refractivity contribution in [2.24, 2.45) is 0 Å². The maximum absolute atomic E-state index is 12.1. The highest BCUT2D eigenvalue weighted by Gasteiger charge is 2.12. The van der Waals surface area contributed by atoms with Crippen molar-refractivity contribution in [2.75, 3.05) is 19.6 Å². The third kappa shape index (κ3) is 17.1. The van der Waals surface area contributed by atoms with Crippen LogP contribution in [-0.4, -0.2) is 36.3 Å². The normalized spacial score (nSPS) is 10.8. The number of nitrogens with one attached hydrogen (secondary N) is 1. The number of amides is 2. The number of hydrogen-bond acceptors (Lipinski definition) is 2. The molecule has 0 saturated heterocycles. The fourth-order valence-electron chi connectivity index (χ4n) is 3.58. The van der Waals surface area contributed by atoms with E-state index in [1.807, 2.05) is 4.90 Å². The highest BCUT2D eigenvalue weighted by molar-refractivity contribution is 5.84. The summed E-state index contributed by atoms with van der Waals surface area (Å²) in [6.45, 7) is 8.12. The van der Waals surface area contributed by atoms with Crippen LogP contribution in [0.25, 0.3) is 0 Å². The molecule has 0 aliphatic rings. The number of nitrogens with zero attached hydrogens (tertiary/aromatic N) is 1. The maximum Gasteiger partial charge on any atom is 0.241 e. The molecular formula is C24H48N2O2. The summed E-state index contributed by atoms with van der Waals surface area (Å²) >= 11 is 0. The van der Waals surface area contributed by atoms with Gasteiger partial charge in [0.2, 0.25) is 11.8 Å². The molecule has 0 spiro atoms. The molecule has 166 valence electrons. The molecule has 4 nitrogen and oxygen atoms in total. The van der Waals surface area contributed by atoms with Crippen molar-refractivity contribution in [3.63, 3.8) is 0 Å². The van der Waals surface area contributed by atoms with Gasteiger partial charge in [-0.1, -0.05) is 97.8 Å². The third-order valence-corrected chi connectivity index (χ3v) is 5.28. The molecule has 0 rings (SSSR count). The van der Waals surface area contributed by atoms with Crippen molar-refractivity contribution in [3.8, 4) is 0 Å². The van der Waals surface area contributed by atoms with E-state index in [1.165, 1.54) is 70.6 Å². The van der Waals surface area contributed by atoms with Gasteiger partial charge in [0.15, 0.2) is 0 Å². The second-order valence-electron chi connectivity index (χ2n) is 8.15. The molecule has 0 bridgehead atoms. The van der Waals surface area contributed by atoms with E-state index in [-0.39, 0.29) is 18.4 Å². The lowest BCUT2D eigenvalue weighted by molar-refractivity contribution is -0.133. The summed E-state index contributed by atoms with van der Waals surface area (Å²) < 4.78 is 0. The molecule has 1 N–H and O–H groups in total. The standard InChI is InChI=1S/C24H48N2O2/c1-4-7-8-9-10-11-12-13-14-15-16-17-18-19-23(27)25-22-24(28)26(20-5-2)21-6-3/h4-22H2,1-3H3,(H,25,27). The van der Waals surface area contributed by atoms with Crippen LogP contribution in [0.2, 0.25) is 0 Å². The van der Waals surface area contributed by atoms with E-state index in [1.54, 1.807) is 0 Å². The van der Waals surface area contributed by atoms with Crippen molar-refractivity contribution >= 4 is 11.8 Å². The Morgan fingerprint density at radius 3 is 1.46 bits per heavy atom. The first-order chi connectivity index (χ1) is 13.7. The predicted molar refractivity (Wildman–Crippen MR) is 120 cm³/mol. The smallest absolute Gasteiger partial charge is 0.241 e. The molecule has 28 heavy (non-hydrogen) atoms. The summed E-state index contributed by atoms with van der Waals surface area (Å²) in [7, 11) is 0. The van der Waals surface area contributed by atoms with Crippen LogP contribution in [0.5, 0.6) is 0 Å². The van der Waals surface area contributed by atoms with Crippen LogP contribution in [0.1, 0.15) is 124 Å². The van der Waals surface area contributed by atoms with Crippen molar-refractivity contribution in [2.45, 2.75) is 124 Å². The van der Waals surface area contributed by atoms with Gasteiger partial charge >= 0.3 is 0 Å². The van der Waals surface area contributed by atoms with Gasteiger partial charge < -0.3 is 10.2 Å². The fraction of sp³-hybridized carbons (Fsp3) is 0.917. The molecule has 0 fully saturated rings. The van der Waals surface area contributed by atoms with E-state index in [0.29, 0.717) is 6.42 Å². The summed E-state index contributed by atoms with van der Waals surface area (Å²) in [4.78, 5) is 25.9. The Labute approximate surface area is 175 Å². The molecule has 0 saturated carbocycles. The van der Waals surface area contributed by atoms with Gasteiger partial charge in [0.25, 0.3) is 0 Å². The van der Waals surface area contributed by atoms with Crippen molar-refractivity contribution in [1.82, 2.24) is 10.2 Å². The molecule has 0 heterocycles. The minimum Gasteiger partial charge on any atom is -0.347 e. The Morgan fingerprint density at radius 2 is 1.04 bits per heavy atom. The molecule has 2 amide bonds. The molecule has 0 aliphatic carbocycles. The van der Waals surface area contributed by atoms with Crippen LogP contribution in [-0.2, 0) is 9.59 Å². The van der Waals surface area contributed by atoms with E-state index in [4.69, 9.17) is 0 Å². The first-order valence-electron chi connectivity index (χ1n) is 12.2. The van der Waals surface area contributed by atoms with Gasteiger partial charge in [0.05, 0.1) is 6.54 Å². The molecule has 0 atom stereocenters. The summed E-state index contributed by atoms with van der Waals surface area (Å²) in [6, 6.07) is 0. The Balaban J connectivity index is 3.46. The van der Waals surface area contributed by atoms with Gasteiger partial charge in [-0.2, -0.15) is 0 Å². The lowest BCUT2D eigenvalue weighted by Gasteiger charge is -2.21. The Kier molecular flexibility index (Phi) is 19.9. The van der Waals surface area contributed by atoms with Crippen molar-refractivity contribution in [1.29, 1.82) is 0 Å². The molecule has 0 unspecified atom stereocenters. The topological polar surface area (TPSA) is 49.4 Å². The number of rotatable bonds is 20. The average molecular weight is 397 g/mol. The van der Waals surface area contributed by atoms with Crippen LogP contribution < -0.4 is 5.32 Å². The summed E-state index contributed by atoms with van der Waals surface area (Å²) in [5.41, 5.74) is 0. The van der Waals surface area contributed by atoms with Crippen LogP contribution in [0.3, 0.4) is 0 Å². The molecule has 4 heteroatoms. The van der Waals surface area contributed by atoms with Crippen LogP contribution >= 0.6 is 0 Å². The molecule has 0 aromatic rings. The van der Waals surface area contributed by atoms with Crippen LogP contribution in [0, 0.1) is 0 Å². The molecule has 0 aromatic carbocycles. The molecule has 0 radical (unpaired) electrons. The van der Waals surface area contributed by atoms with E-state index in [9.17, 15) is 9.59 Å². The van der Waals surface area contributed by atoms with E-state index in [2.05, 4.69) is 26.1 Å². The Hall–Kier alpha value is -1.06. The van der Waals surface area contributed by atoms with Crippen molar-refractivity contribution < 1.29 is 9.59 Å². The third-order valence-electron chi connectivity index (χ3n) is 5.28. The molecule has 0 aliphatic heterocycles. The van der Waals surface area contributed by atoms with Gasteiger partial charge in [-0.25, -0.2) is 0 Å². The molecule has 0 aromatic heterocycles. The second kappa shape index (κ2) is 20.7. The predicted octanol–water partition coefficient (Wildman–Crippen LogP) is 6.23. The Bertz CT molecular complexity index is 366. The quantitative estimate of drug-likeness (QED) is 0.248. The lowest BCUT2D eigenvalue weighted by atomic mass is 10.0. The lowest BCUT2D eigenvalue weighted by Crippen LogP contribution is -2.40. The monoisotopic (exact) mass is 396 g/mol. The van der Waals surface area contributed by atoms with Gasteiger partial charge in [0, 0.05) is 19.5 Å². The Morgan fingerprint density at radius 1 is 0.607 bits per heavy atom. The number of unbranched alkanes of at least 4 members (excludes halogenated alkanes) is 12. The second-order valence-corrected chi connectivity index (χ2v) is 8.15. The summed E-state index contributed by atoms with van der Waals surface area (Å²) in [5.74, 6) is 0.0618. The zero-order valence-corrected chi connectivity index (χ0v) is 19.2. The zero-order chi connectivity index (χ0) is 20.9. The number of hydrogen-bond donors (Lipinski definition) is 1. The van der Waals surface area contributed by atoms with Gasteiger partial charge in [0.1, 0.15) is 0 Å². The van der Waals surface area contributed by atoms with Gasteiger partial charge in [-0.3, -0.25) is 9.59 Å². The number of carbonyl (C=O) groups is 2. The first-order valence-corrected chi connectivity index (χ1v) is 12.2. The van der Waals surface area contributed by atoms with Crippen LogP contribution in [0.15, 0.2) is 0 Å². The minimum atomic E-state index is 0.0179. The van der Waals surface area contributed by atoms with Crippen molar-refractivity contribution in [3.05, 3.63) is 0 Å². The average Bonchev–Trinajstić information content (AvgIpc) is 2.69. The van der Waals surface area contributed by atoms with E-state index in [0.717, 1.165) is 38.8 Å². The van der Waals surface area contributed by atoms with E-state index < -0.39 is 0 Å². The minimum absolute atomic E-state index is 0.0179. The highest BCUT2D eigenvalue weighted by Crippen LogP contribution is 2.12. The number of carbonyl (C=O) groups excluding carboxylic acids is 2. The van der Waals surface area contributed by atoms with E-state index >= 15 is 0 Å². The SMILES string of the molecule is CCCCCCCCCCCCCCCC(=O)NCC(=O)N(CCC)CCC. The van der Waals surface area contributed by atoms with Crippen LogP contribution in [0.4, 0.5) is 0 Å². The largest absolute Gasteiger partial charge is 0.347 e. The molecular weight excluding hydrogens is 348 g/mol. The summed E-state index contributed by atoms with van der Waals surface area (Å²) in [5, 5.41) is 2.79. The van der Waals surface area contributed by atoms with Gasteiger partial charge in [-0.05, 0) is 19.3 Å². The van der Waals surface area contributed by atoms with Gasteiger partial charge in [-0.15, -0.1) is 0 Å². The first kappa shape index (κ1) is 26.9. The maximum atomic E-state index is 12.1.